The summed E-state index contributed by atoms with van der Waals surface area (Å²) in [5, 5.41) is 12.0. The number of carboxylic acid groups (broad SMARTS) is 1. The van der Waals surface area contributed by atoms with Crippen LogP contribution in [0.1, 0.15) is 29.6 Å². The predicted octanol–water partition coefficient (Wildman–Crippen LogP) is 1.60. The zero-order valence-electron chi connectivity index (χ0n) is 14.2. The Balaban J connectivity index is 1.63. The summed E-state index contributed by atoms with van der Waals surface area (Å²) in [6.07, 6.45) is 6.49. The molecule has 1 aromatic heterocycles. The summed E-state index contributed by atoms with van der Waals surface area (Å²) in [5.74, 6) is -1.49. The first-order valence-electron chi connectivity index (χ1n) is 8.44. The smallest absolute Gasteiger partial charge is 0.326 e. The van der Waals surface area contributed by atoms with Crippen LogP contribution < -0.4 is 5.32 Å². The summed E-state index contributed by atoms with van der Waals surface area (Å²) in [6.45, 7) is 0.940. The molecule has 1 aliphatic rings. The number of hydrogen-bond acceptors (Lipinski definition) is 4. The molecule has 1 fully saturated rings. The van der Waals surface area contributed by atoms with Crippen molar-refractivity contribution in [2.75, 3.05) is 11.9 Å². The van der Waals surface area contributed by atoms with Gasteiger partial charge in [0.1, 0.15) is 6.04 Å². The molecule has 0 unspecified atom stereocenters. The molecule has 2 N–H and O–H groups in total. The van der Waals surface area contributed by atoms with Gasteiger partial charge in [0.25, 0.3) is 5.91 Å². The molecule has 2 heterocycles. The molecule has 2 amide bonds. The molecule has 8 heteroatoms. The Hall–Kier alpha value is -3.16. The number of aryl methyl sites for hydroxylation is 1. The second kappa shape index (κ2) is 7.81. The number of imidazole rings is 1. The van der Waals surface area contributed by atoms with Gasteiger partial charge < -0.3 is 19.9 Å². The number of rotatable bonds is 6. The summed E-state index contributed by atoms with van der Waals surface area (Å²) < 4.78 is 1.80. The van der Waals surface area contributed by atoms with E-state index in [4.69, 9.17) is 0 Å². The number of benzene rings is 1. The van der Waals surface area contributed by atoms with Gasteiger partial charge in [-0.3, -0.25) is 9.59 Å². The molecular formula is C18H20N4O4. The van der Waals surface area contributed by atoms with E-state index >= 15 is 0 Å². The van der Waals surface area contributed by atoms with Gasteiger partial charge in [0.2, 0.25) is 5.91 Å². The van der Waals surface area contributed by atoms with Crippen LogP contribution in [0.5, 0.6) is 0 Å². The van der Waals surface area contributed by atoms with Crippen LogP contribution in [0.25, 0.3) is 0 Å². The first-order valence-corrected chi connectivity index (χ1v) is 8.44. The predicted molar refractivity (Wildman–Crippen MR) is 93.6 cm³/mol. The van der Waals surface area contributed by atoms with Gasteiger partial charge in [-0.1, -0.05) is 6.07 Å². The zero-order chi connectivity index (χ0) is 18.5. The maximum Gasteiger partial charge on any atom is 0.326 e. The highest BCUT2D eigenvalue weighted by atomic mass is 16.4. The SMILES string of the molecule is O=C(CCn1ccnc1)Nc1cccc(C(=O)N2CCC[C@@H]2C(=O)O)c1. The van der Waals surface area contributed by atoms with Gasteiger partial charge in [0, 0.05) is 43.2 Å². The number of likely N-dealkylation sites (tertiary alicyclic amines) is 1. The van der Waals surface area contributed by atoms with E-state index in [1.165, 1.54) is 4.90 Å². The third-order valence-corrected chi connectivity index (χ3v) is 4.35. The number of aliphatic carboxylic acids is 1. The topological polar surface area (TPSA) is 105 Å². The van der Waals surface area contributed by atoms with Crippen LogP contribution in [0.4, 0.5) is 5.69 Å². The highest BCUT2D eigenvalue weighted by molar-refractivity contribution is 5.99. The van der Waals surface area contributed by atoms with E-state index in [1.807, 2.05) is 0 Å². The van der Waals surface area contributed by atoms with E-state index in [0.29, 0.717) is 37.2 Å². The molecule has 1 aliphatic heterocycles. The summed E-state index contributed by atoms with van der Waals surface area (Å²) in [6, 6.07) is 5.79. The Kier molecular flexibility index (Phi) is 5.31. The largest absolute Gasteiger partial charge is 0.480 e. The molecular weight excluding hydrogens is 336 g/mol. The van der Waals surface area contributed by atoms with Crippen LogP contribution in [0.15, 0.2) is 43.0 Å². The molecule has 0 aliphatic carbocycles. The molecule has 0 radical (unpaired) electrons. The Morgan fingerprint density at radius 3 is 2.88 bits per heavy atom. The highest BCUT2D eigenvalue weighted by Gasteiger charge is 2.34. The fourth-order valence-corrected chi connectivity index (χ4v) is 3.04. The van der Waals surface area contributed by atoms with Crippen LogP contribution in [0, 0.1) is 0 Å². The van der Waals surface area contributed by atoms with Crippen molar-refractivity contribution in [1.29, 1.82) is 0 Å². The number of anilines is 1. The van der Waals surface area contributed by atoms with Crippen LogP contribution in [0.3, 0.4) is 0 Å². The molecule has 2 aromatic rings. The summed E-state index contributed by atoms with van der Waals surface area (Å²) in [7, 11) is 0. The Bertz CT molecular complexity index is 803. The van der Waals surface area contributed by atoms with Crippen molar-refractivity contribution in [3.8, 4) is 0 Å². The average Bonchev–Trinajstić information content (AvgIpc) is 3.31. The minimum absolute atomic E-state index is 0.173. The van der Waals surface area contributed by atoms with Gasteiger partial charge in [-0.25, -0.2) is 9.78 Å². The molecule has 1 saturated heterocycles. The van der Waals surface area contributed by atoms with E-state index in [2.05, 4.69) is 10.3 Å². The normalized spacial score (nSPS) is 16.5. The lowest BCUT2D eigenvalue weighted by Crippen LogP contribution is -2.40. The van der Waals surface area contributed by atoms with Gasteiger partial charge in [-0.2, -0.15) is 0 Å². The summed E-state index contributed by atoms with van der Waals surface area (Å²) in [5.41, 5.74) is 0.878. The minimum Gasteiger partial charge on any atom is -0.480 e. The van der Waals surface area contributed by atoms with Crippen LogP contribution in [-0.2, 0) is 16.1 Å². The summed E-state index contributed by atoms with van der Waals surface area (Å²) >= 11 is 0. The Morgan fingerprint density at radius 1 is 1.31 bits per heavy atom. The van der Waals surface area contributed by atoms with Gasteiger partial charge >= 0.3 is 5.97 Å². The third-order valence-electron chi connectivity index (χ3n) is 4.35. The van der Waals surface area contributed by atoms with Crippen molar-refractivity contribution >= 4 is 23.5 Å². The Labute approximate surface area is 150 Å². The molecule has 136 valence electrons. The quantitative estimate of drug-likeness (QED) is 0.818. The van der Waals surface area contributed by atoms with Crippen molar-refractivity contribution in [2.45, 2.75) is 31.8 Å². The number of amides is 2. The lowest BCUT2D eigenvalue weighted by atomic mass is 10.1. The molecule has 0 saturated carbocycles. The molecule has 26 heavy (non-hydrogen) atoms. The van der Waals surface area contributed by atoms with E-state index in [9.17, 15) is 19.5 Å². The van der Waals surface area contributed by atoms with Crippen molar-refractivity contribution < 1.29 is 19.5 Å². The molecule has 0 bridgehead atoms. The summed E-state index contributed by atoms with van der Waals surface area (Å²) in [4.78, 5) is 41.3. The maximum absolute atomic E-state index is 12.6. The third kappa shape index (κ3) is 4.08. The van der Waals surface area contributed by atoms with Gasteiger partial charge in [0.15, 0.2) is 0 Å². The molecule has 3 rings (SSSR count). The van der Waals surface area contributed by atoms with E-state index in [-0.39, 0.29) is 18.2 Å². The fourth-order valence-electron chi connectivity index (χ4n) is 3.04. The van der Waals surface area contributed by atoms with E-state index in [0.717, 1.165) is 0 Å². The zero-order valence-corrected chi connectivity index (χ0v) is 14.2. The minimum atomic E-state index is -0.986. The van der Waals surface area contributed by atoms with Crippen LogP contribution in [-0.4, -0.2) is 49.9 Å². The first kappa shape index (κ1) is 17.7. The van der Waals surface area contributed by atoms with Crippen LogP contribution >= 0.6 is 0 Å². The molecule has 0 spiro atoms. The second-order valence-corrected chi connectivity index (χ2v) is 6.17. The Morgan fingerprint density at radius 2 is 2.15 bits per heavy atom. The van der Waals surface area contributed by atoms with E-state index < -0.39 is 12.0 Å². The van der Waals surface area contributed by atoms with Gasteiger partial charge in [-0.05, 0) is 31.0 Å². The highest BCUT2D eigenvalue weighted by Crippen LogP contribution is 2.21. The number of carbonyl (C=O) groups excluding carboxylic acids is 2. The average molecular weight is 356 g/mol. The lowest BCUT2D eigenvalue weighted by molar-refractivity contribution is -0.141. The van der Waals surface area contributed by atoms with Crippen molar-refractivity contribution in [1.82, 2.24) is 14.5 Å². The number of carbonyl (C=O) groups is 3. The number of aromatic nitrogens is 2. The van der Waals surface area contributed by atoms with Crippen molar-refractivity contribution in [3.05, 3.63) is 48.5 Å². The maximum atomic E-state index is 12.6. The number of hydrogen-bond donors (Lipinski definition) is 2. The monoisotopic (exact) mass is 356 g/mol. The fraction of sp³-hybridized carbons (Fsp3) is 0.333. The molecule has 1 atom stereocenters. The van der Waals surface area contributed by atoms with Crippen LogP contribution in [0.2, 0.25) is 0 Å². The van der Waals surface area contributed by atoms with Crippen molar-refractivity contribution in [2.24, 2.45) is 0 Å². The first-order chi connectivity index (χ1) is 12.5. The van der Waals surface area contributed by atoms with Gasteiger partial charge in [-0.15, -0.1) is 0 Å². The molecule has 1 aromatic carbocycles. The number of nitrogens with one attached hydrogen (secondary N) is 1. The molecule has 8 nitrogen and oxygen atoms in total. The van der Waals surface area contributed by atoms with Gasteiger partial charge in [0.05, 0.1) is 6.33 Å². The second-order valence-electron chi connectivity index (χ2n) is 6.17. The van der Waals surface area contributed by atoms with Crippen molar-refractivity contribution in [3.63, 3.8) is 0 Å². The van der Waals surface area contributed by atoms with E-state index in [1.54, 1.807) is 47.6 Å². The lowest BCUT2D eigenvalue weighted by Gasteiger charge is -2.21. The standard InChI is InChI=1S/C18H20N4O4/c23-16(6-9-21-10-7-19-12-21)20-14-4-1-3-13(11-14)17(24)22-8-2-5-15(22)18(25)26/h1,3-4,7,10-12,15H,2,5-6,8-9H2,(H,20,23)(H,25,26)/t15-/m1/s1. The number of nitrogens with zero attached hydrogens (tertiary/aromatic N) is 3. The number of carboxylic acids is 1.